The first-order chi connectivity index (χ1) is 4.33. The fourth-order valence-electron chi connectivity index (χ4n) is 0.205. The molecule has 0 rings (SSSR count). The average Bonchev–Trinajstić information content (AvgIpc) is 1.60. The van der Waals surface area contributed by atoms with E-state index in [2.05, 4.69) is 11.6 Å². The van der Waals surface area contributed by atoms with E-state index in [9.17, 15) is 18.0 Å². The Hall–Kier alpha value is -0.710. The molecule has 0 fully saturated rings. The fraction of sp³-hybridized carbons (Fsp3) is 0.250. The molecule has 58 valence electrons. The molecule has 2 nitrogen and oxygen atoms in total. The molecule has 0 aromatic rings. The third-order valence-corrected chi connectivity index (χ3v) is 0.765. The van der Waals surface area contributed by atoms with E-state index in [4.69, 9.17) is 5.11 Å². The van der Waals surface area contributed by atoms with Crippen LogP contribution in [0.5, 0.6) is 0 Å². The van der Waals surface area contributed by atoms with E-state index in [0.717, 1.165) is 0 Å². The molecule has 10 heavy (non-hydrogen) atoms. The third-order valence-electron chi connectivity index (χ3n) is 0.495. The van der Waals surface area contributed by atoms with E-state index in [1.54, 1.807) is 0 Å². The largest absolute Gasteiger partial charge is 0.477 e. The molecule has 1 N–H and O–H groups in total. The zero-order valence-electron chi connectivity index (χ0n) is 4.44. The first-order valence-electron chi connectivity index (χ1n) is 2.01. The summed E-state index contributed by atoms with van der Waals surface area (Å²) in [6.07, 6.45) is -5.16. The molecule has 0 heterocycles. The predicted molar refractivity (Wildman–Crippen MR) is 27.6 cm³/mol. The summed E-state index contributed by atoms with van der Waals surface area (Å²) in [4.78, 5) is 9.68. The molecule has 6 heteroatoms. The van der Waals surface area contributed by atoms with Crippen LogP contribution in [0.15, 0.2) is 11.1 Å². The van der Waals surface area contributed by atoms with Crippen LogP contribution < -0.4 is 0 Å². The van der Waals surface area contributed by atoms with E-state index in [1.165, 1.54) is 0 Å². The van der Waals surface area contributed by atoms with Gasteiger partial charge in [-0.25, -0.2) is 4.79 Å². The molecule has 0 unspecified atom stereocenters. The summed E-state index contributed by atoms with van der Waals surface area (Å²) < 4.78 is 33.7. The van der Waals surface area contributed by atoms with Crippen molar-refractivity contribution in [2.75, 3.05) is 0 Å². The van der Waals surface area contributed by atoms with Crippen molar-refractivity contribution >= 4 is 17.6 Å². The van der Waals surface area contributed by atoms with Gasteiger partial charge in [-0.05, 0) is 0 Å². The highest BCUT2D eigenvalue weighted by Gasteiger charge is 2.25. The molecule has 0 saturated heterocycles. The molecule has 0 aliphatic rings. The second-order valence-corrected chi connectivity index (χ2v) is 1.75. The molecular formula is C4H2ClF3O2. The van der Waals surface area contributed by atoms with E-state index in [1.807, 2.05) is 0 Å². The van der Waals surface area contributed by atoms with Gasteiger partial charge in [0.1, 0.15) is 5.03 Å². The van der Waals surface area contributed by atoms with Crippen molar-refractivity contribution in [2.45, 2.75) is 6.18 Å². The number of rotatable bonds is 1. The van der Waals surface area contributed by atoms with Crippen LogP contribution in [0.2, 0.25) is 0 Å². The van der Waals surface area contributed by atoms with Crippen molar-refractivity contribution in [1.82, 2.24) is 0 Å². The Labute approximate surface area is 58.9 Å². The van der Waals surface area contributed by atoms with Gasteiger partial charge in [-0.1, -0.05) is 11.6 Å². The van der Waals surface area contributed by atoms with Crippen molar-refractivity contribution in [1.29, 1.82) is 0 Å². The highest BCUT2D eigenvalue weighted by Crippen LogP contribution is 2.19. The molecule has 0 aliphatic carbocycles. The van der Waals surface area contributed by atoms with Crippen molar-refractivity contribution in [3.05, 3.63) is 11.1 Å². The minimum Gasteiger partial charge on any atom is -0.477 e. The zero-order chi connectivity index (χ0) is 8.36. The lowest BCUT2D eigenvalue weighted by Crippen LogP contribution is -2.05. The van der Waals surface area contributed by atoms with Gasteiger partial charge in [0.2, 0.25) is 0 Å². The van der Waals surface area contributed by atoms with Crippen LogP contribution in [0.25, 0.3) is 0 Å². The molecule has 0 saturated carbocycles. The van der Waals surface area contributed by atoms with Crippen LogP contribution in [-0.2, 0) is 4.79 Å². The maximum absolute atomic E-state index is 11.2. The van der Waals surface area contributed by atoms with Gasteiger partial charge < -0.3 is 5.11 Å². The Morgan fingerprint density at radius 1 is 1.50 bits per heavy atom. The molecule has 0 spiro atoms. The number of carboxylic acid groups (broad SMARTS) is 1. The third kappa shape index (κ3) is 4.20. The highest BCUT2D eigenvalue weighted by atomic mass is 35.5. The number of carboxylic acids is 1. The van der Waals surface area contributed by atoms with Crippen LogP contribution in [-0.4, -0.2) is 17.3 Å². The van der Waals surface area contributed by atoms with Gasteiger partial charge >= 0.3 is 12.1 Å². The van der Waals surface area contributed by atoms with E-state index in [0.29, 0.717) is 0 Å². The lowest BCUT2D eigenvalue weighted by Gasteiger charge is -1.96. The first kappa shape index (κ1) is 9.29. The minimum atomic E-state index is -4.67. The summed E-state index contributed by atoms with van der Waals surface area (Å²) in [5.74, 6) is -1.79. The molecular weight excluding hydrogens is 172 g/mol. The SMILES string of the molecule is O=C(O)C(Cl)=CC(F)(F)F. The highest BCUT2D eigenvalue weighted by molar-refractivity contribution is 6.40. The van der Waals surface area contributed by atoms with Gasteiger partial charge in [-0.2, -0.15) is 13.2 Å². The van der Waals surface area contributed by atoms with E-state index < -0.39 is 23.3 Å². The number of aliphatic carboxylic acids is 1. The maximum Gasteiger partial charge on any atom is 0.411 e. The molecule has 0 amide bonds. The fourth-order valence-corrected chi connectivity index (χ4v) is 0.329. The lowest BCUT2D eigenvalue weighted by atomic mass is 10.5. The van der Waals surface area contributed by atoms with E-state index >= 15 is 0 Å². The number of halogens is 4. The van der Waals surface area contributed by atoms with E-state index in [-0.39, 0.29) is 0 Å². The second kappa shape index (κ2) is 2.92. The molecule has 0 aromatic heterocycles. The molecule has 0 aliphatic heterocycles. The van der Waals surface area contributed by atoms with Crippen LogP contribution in [0.1, 0.15) is 0 Å². The smallest absolute Gasteiger partial charge is 0.411 e. The number of hydrogen-bond donors (Lipinski definition) is 1. The molecule has 0 aromatic carbocycles. The monoisotopic (exact) mass is 174 g/mol. The number of hydrogen-bond acceptors (Lipinski definition) is 1. The van der Waals surface area contributed by atoms with Crippen molar-refractivity contribution in [2.24, 2.45) is 0 Å². The van der Waals surface area contributed by atoms with Gasteiger partial charge in [-0.3, -0.25) is 0 Å². The van der Waals surface area contributed by atoms with Crippen LogP contribution in [0.4, 0.5) is 13.2 Å². The van der Waals surface area contributed by atoms with Gasteiger partial charge in [0, 0.05) is 6.08 Å². The summed E-state index contributed by atoms with van der Waals surface area (Å²) in [7, 11) is 0. The van der Waals surface area contributed by atoms with Gasteiger partial charge in [0.15, 0.2) is 0 Å². The number of allylic oxidation sites excluding steroid dienone is 1. The molecule has 0 atom stereocenters. The maximum atomic E-state index is 11.2. The summed E-state index contributed by atoms with van der Waals surface area (Å²) >= 11 is 4.64. The van der Waals surface area contributed by atoms with Gasteiger partial charge in [0.25, 0.3) is 0 Å². The predicted octanol–water partition coefficient (Wildman–Crippen LogP) is 1.76. The normalized spacial score (nSPS) is 13.4. The average molecular weight is 175 g/mol. The van der Waals surface area contributed by atoms with Crippen LogP contribution in [0, 0.1) is 0 Å². The summed E-state index contributed by atoms with van der Waals surface area (Å²) in [6.45, 7) is 0. The Morgan fingerprint density at radius 2 is 1.90 bits per heavy atom. The minimum absolute atomic E-state index is 0.489. The van der Waals surface area contributed by atoms with Gasteiger partial charge in [0.05, 0.1) is 0 Å². The lowest BCUT2D eigenvalue weighted by molar-refractivity contribution is -0.132. The van der Waals surface area contributed by atoms with Crippen LogP contribution in [0.3, 0.4) is 0 Å². The Balaban J connectivity index is 4.32. The first-order valence-corrected chi connectivity index (χ1v) is 2.39. The van der Waals surface area contributed by atoms with Gasteiger partial charge in [-0.15, -0.1) is 0 Å². The number of alkyl halides is 3. The molecule has 0 bridgehead atoms. The van der Waals surface area contributed by atoms with Crippen molar-refractivity contribution in [3.8, 4) is 0 Å². The standard InChI is InChI=1S/C4H2ClF3O2/c5-2(3(9)10)1-4(6,7)8/h1H,(H,9,10). The van der Waals surface area contributed by atoms with Crippen molar-refractivity contribution in [3.63, 3.8) is 0 Å². The van der Waals surface area contributed by atoms with Crippen LogP contribution >= 0.6 is 11.6 Å². The summed E-state index contributed by atoms with van der Waals surface area (Å²) in [6, 6.07) is 0. The molecule has 0 radical (unpaired) electrons. The topological polar surface area (TPSA) is 37.3 Å². The Kier molecular flexibility index (Phi) is 2.71. The second-order valence-electron chi connectivity index (χ2n) is 1.34. The Bertz CT molecular complexity index is 172. The summed E-state index contributed by atoms with van der Waals surface area (Å²) in [5, 5.41) is 6.60. The quantitative estimate of drug-likeness (QED) is 0.615. The number of carbonyl (C=O) groups is 1. The Morgan fingerprint density at radius 3 is 2.00 bits per heavy atom. The summed E-state index contributed by atoms with van der Waals surface area (Å²) in [5.41, 5.74) is 0. The zero-order valence-corrected chi connectivity index (χ0v) is 5.20. The van der Waals surface area contributed by atoms with Crippen molar-refractivity contribution < 1.29 is 23.1 Å².